The normalized spacial score (nSPS) is 22.5. The SMILES string of the molecule is O=C(NCCCn1ccnc1)N1CCCC[C@@H]1CN1CCOCC1. The maximum Gasteiger partial charge on any atom is 0.317 e. The van der Waals surface area contributed by atoms with E-state index in [9.17, 15) is 4.79 Å². The van der Waals surface area contributed by atoms with Gasteiger partial charge >= 0.3 is 6.03 Å². The largest absolute Gasteiger partial charge is 0.379 e. The highest BCUT2D eigenvalue weighted by atomic mass is 16.5. The summed E-state index contributed by atoms with van der Waals surface area (Å²) in [5.74, 6) is 0. The van der Waals surface area contributed by atoms with Crippen molar-refractivity contribution in [1.29, 1.82) is 0 Å². The molecule has 2 saturated heterocycles. The molecule has 0 spiro atoms. The lowest BCUT2D eigenvalue weighted by Gasteiger charge is -2.39. The molecule has 2 amide bonds. The summed E-state index contributed by atoms with van der Waals surface area (Å²) in [5.41, 5.74) is 0. The molecule has 1 aromatic heterocycles. The quantitative estimate of drug-likeness (QED) is 0.793. The minimum absolute atomic E-state index is 0.0959. The number of ether oxygens (including phenoxy) is 1. The molecule has 134 valence electrons. The summed E-state index contributed by atoms with van der Waals surface area (Å²) in [6, 6.07) is 0.434. The maximum atomic E-state index is 12.6. The van der Waals surface area contributed by atoms with E-state index in [1.807, 2.05) is 17.1 Å². The van der Waals surface area contributed by atoms with Crippen LogP contribution in [-0.2, 0) is 11.3 Å². The van der Waals surface area contributed by atoms with E-state index in [0.717, 1.165) is 65.2 Å². The van der Waals surface area contributed by atoms with Crippen LogP contribution < -0.4 is 5.32 Å². The molecular formula is C17H29N5O2. The van der Waals surface area contributed by atoms with Crippen LogP contribution in [0.3, 0.4) is 0 Å². The summed E-state index contributed by atoms with van der Waals surface area (Å²) in [4.78, 5) is 21.1. The van der Waals surface area contributed by atoms with Gasteiger partial charge in [0.05, 0.1) is 19.5 Å². The molecule has 3 heterocycles. The summed E-state index contributed by atoms with van der Waals surface area (Å²) >= 11 is 0. The lowest BCUT2D eigenvalue weighted by atomic mass is 10.0. The topological polar surface area (TPSA) is 62.6 Å². The highest BCUT2D eigenvalue weighted by Gasteiger charge is 2.28. The summed E-state index contributed by atoms with van der Waals surface area (Å²) < 4.78 is 7.45. The van der Waals surface area contributed by atoms with Gasteiger partial charge in [-0.05, 0) is 25.7 Å². The molecule has 2 aliphatic rings. The number of morpholine rings is 1. The van der Waals surface area contributed by atoms with Crippen LogP contribution in [-0.4, -0.2) is 77.4 Å². The molecule has 1 atom stereocenters. The van der Waals surface area contributed by atoms with Crippen LogP contribution in [0.2, 0.25) is 0 Å². The zero-order valence-electron chi connectivity index (χ0n) is 14.4. The van der Waals surface area contributed by atoms with Crippen molar-refractivity contribution in [3.63, 3.8) is 0 Å². The predicted molar refractivity (Wildman–Crippen MR) is 91.8 cm³/mol. The Labute approximate surface area is 144 Å². The fourth-order valence-electron chi connectivity index (χ4n) is 3.52. The summed E-state index contributed by atoms with van der Waals surface area (Å²) in [5, 5.41) is 3.09. The Morgan fingerprint density at radius 3 is 2.92 bits per heavy atom. The summed E-state index contributed by atoms with van der Waals surface area (Å²) in [6.45, 7) is 7.04. The van der Waals surface area contributed by atoms with Gasteiger partial charge in [0.15, 0.2) is 0 Å². The summed E-state index contributed by atoms with van der Waals surface area (Å²) in [6.07, 6.45) is 9.91. The zero-order chi connectivity index (χ0) is 16.6. The second-order valence-electron chi connectivity index (χ2n) is 6.64. The smallest absolute Gasteiger partial charge is 0.317 e. The van der Waals surface area contributed by atoms with Gasteiger partial charge in [0, 0.05) is 57.7 Å². The molecule has 1 N–H and O–H groups in total. The lowest BCUT2D eigenvalue weighted by Crippen LogP contribution is -2.54. The predicted octanol–water partition coefficient (Wildman–Crippen LogP) is 1.17. The van der Waals surface area contributed by atoms with Crippen molar-refractivity contribution in [3.8, 4) is 0 Å². The van der Waals surface area contributed by atoms with Crippen molar-refractivity contribution >= 4 is 6.03 Å². The van der Waals surface area contributed by atoms with Gasteiger partial charge in [-0.15, -0.1) is 0 Å². The summed E-state index contributed by atoms with van der Waals surface area (Å²) in [7, 11) is 0. The number of piperidine rings is 1. The number of nitrogens with one attached hydrogen (secondary N) is 1. The standard InChI is InChI=1S/C17H29N5O2/c23-17(19-5-3-7-21-9-6-18-15-21)22-8-2-1-4-16(22)14-20-10-12-24-13-11-20/h6,9,15-16H,1-5,7-8,10-14H2,(H,19,23)/t16-/m1/s1. The molecule has 0 saturated carbocycles. The van der Waals surface area contributed by atoms with E-state index in [0.29, 0.717) is 12.6 Å². The Balaban J connectivity index is 1.42. The number of aromatic nitrogens is 2. The van der Waals surface area contributed by atoms with Gasteiger partial charge in [0.1, 0.15) is 0 Å². The van der Waals surface area contributed by atoms with Crippen LogP contribution in [0.15, 0.2) is 18.7 Å². The van der Waals surface area contributed by atoms with E-state index in [4.69, 9.17) is 4.74 Å². The second-order valence-corrected chi connectivity index (χ2v) is 6.64. The Morgan fingerprint density at radius 2 is 2.12 bits per heavy atom. The molecule has 0 aliphatic carbocycles. The second kappa shape index (κ2) is 9.03. The molecule has 7 heteroatoms. The Morgan fingerprint density at radius 1 is 1.25 bits per heavy atom. The molecule has 3 rings (SSSR count). The number of carbonyl (C=O) groups is 1. The highest BCUT2D eigenvalue weighted by molar-refractivity contribution is 5.74. The fraction of sp³-hybridized carbons (Fsp3) is 0.765. The number of nitrogens with zero attached hydrogens (tertiary/aromatic N) is 4. The number of carbonyl (C=O) groups excluding carboxylic acids is 1. The molecule has 24 heavy (non-hydrogen) atoms. The minimum Gasteiger partial charge on any atom is -0.379 e. The van der Waals surface area contributed by atoms with Gasteiger partial charge in [0.25, 0.3) is 0 Å². The Hall–Kier alpha value is -1.60. The van der Waals surface area contributed by atoms with Crippen molar-refractivity contribution in [2.45, 2.75) is 38.3 Å². The van der Waals surface area contributed by atoms with Gasteiger partial charge in [-0.1, -0.05) is 0 Å². The fourth-order valence-corrected chi connectivity index (χ4v) is 3.52. The Kier molecular flexibility index (Phi) is 6.48. The van der Waals surface area contributed by atoms with Gasteiger partial charge < -0.3 is 19.5 Å². The van der Waals surface area contributed by atoms with E-state index in [2.05, 4.69) is 20.1 Å². The molecule has 0 bridgehead atoms. The first-order chi connectivity index (χ1) is 11.8. The van der Waals surface area contributed by atoms with E-state index < -0.39 is 0 Å². The van der Waals surface area contributed by atoms with Crippen molar-refractivity contribution in [1.82, 2.24) is 24.7 Å². The van der Waals surface area contributed by atoms with Crippen LogP contribution >= 0.6 is 0 Å². The van der Waals surface area contributed by atoms with Crippen molar-refractivity contribution in [2.24, 2.45) is 0 Å². The van der Waals surface area contributed by atoms with E-state index in [-0.39, 0.29) is 6.03 Å². The Bertz CT molecular complexity index is 487. The zero-order valence-corrected chi connectivity index (χ0v) is 14.4. The van der Waals surface area contributed by atoms with E-state index in [1.54, 1.807) is 6.20 Å². The van der Waals surface area contributed by atoms with Gasteiger partial charge in [-0.3, -0.25) is 4.90 Å². The number of imidazole rings is 1. The third-order valence-corrected chi connectivity index (χ3v) is 4.89. The van der Waals surface area contributed by atoms with Crippen molar-refractivity contribution in [2.75, 3.05) is 45.9 Å². The third-order valence-electron chi connectivity index (χ3n) is 4.89. The van der Waals surface area contributed by atoms with Gasteiger partial charge in [-0.25, -0.2) is 9.78 Å². The van der Waals surface area contributed by atoms with Crippen LogP contribution in [0, 0.1) is 0 Å². The molecule has 1 aromatic rings. The van der Waals surface area contributed by atoms with Crippen LogP contribution in [0.4, 0.5) is 4.79 Å². The average Bonchev–Trinajstić information content (AvgIpc) is 3.13. The minimum atomic E-state index is 0.0959. The van der Waals surface area contributed by atoms with Crippen LogP contribution in [0.5, 0.6) is 0 Å². The number of aryl methyl sites for hydroxylation is 1. The highest BCUT2D eigenvalue weighted by Crippen LogP contribution is 2.18. The molecule has 0 aromatic carbocycles. The first-order valence-corrected chi connectivity index (χ1v) is 9.13. The van der Waals surface area contributed by atoms with E-state index in [1.165, 1.54) is 6.42 Å². The third kappa shape index (κ3) is 4.95. The first kappa shape index (κ1) is 17.2. The molecule has 2 aliphatic heterocycles. The molecular weight excluding hydrogens is 306 g/mol. The van der Waals surface area contributed by atoms with Crippen LogP contribution in [0.25, 0.3) is 0 Å². The van der Waals surface area contributed by atoms with Crippen molar-refractivity contribution in [3.05, 3.63) is 18.7 Å². The van der Waals surface area contributed by atoms with Gasteiger partial charge in [0.2, 0.25) is 0 Å². The number of amides is 2. The number of urea groups is 1. The maximum absolute atomic E-state index is 12.6. The number of hydrogen-bond acceptors (Lipinski definition) is 4. The monoisotopic (exact) mass is 335 g/mol. The number of hydrogen-bond donors (Lipinski definition) is 1. The first-order valence-electron chi connectivity index (χ1n) is 9.13. The lowest BCUT2D eigenvalue weighted by molar-refractivity contribution is 0.0221. The average molecular weight is 335 g/mol. The molecule has 0 radical (unpaired) electrons. The van der Waals surface area contributed by atoms with Crippen molar-refractivity contribution < 1.29 is 9.53 Å². The van der Waals surface area contributed by atoms with Crippen LogP contribution in [0.1, 0.15) is 25.7 Å². The number of rotatable bonds is 6. The number of likely N-dealkylation sites (tertiary alicyclic amines) is 1. The molecule has 0 unspecified atom stereocenters. The molecule has 7 nitrogen and oxygen atoms in total. The van der Waals surface area contributed by atoms with E-state index >= 15 is 0 Å². The van der Waals surface area contributed by atoms with Gasteiger partial charge in [-0.2, -0.15) is 0 Å². The molecule has 2 fully saturated rings.